The molecule has 0 atom stereocenters. The molecule has 0 unspecified atom stereocenters. The number of Topliss-reactive ketones (excluding diaryl/α,β-unsaturated/α-hetero) is 1. The molecular formula is C21H19N3O6. The third-order valence-electron chi connectivity index (χ3n) is 4.09. The zero-order valence-electron chi connectivity index (χ0n) is 16.2. The molecule has 154 valence electrons. The molecule has 1 amide bonds. The van der Waals surface area contributed by atoms with Crippen molar-refractivity contribution in [2.75, 3.05) is 6.61 Å². The van der Waals surface area contributed by atoms with E-state index in [4.69, 9.17) is 9.15 Å². The minimum absolute atomic E-state index is 0.0869. The van der Waals surface area contributed by atoms with Crippen LogP contribution in [0.5, 0.6) is 0 Å². The summed E-state index contributed by atoms with van der Waals surface area (Å²) in [6, 6.07) is 15.3. The number of hydrogen-bond donors (Lipinski definition) is 1. The maximum absolute atomic E-state index is 12.2. The van der Waals surface area contributed by atoms with Crippen molar-refractivity contribution in [2.24, 2.45) is 0 Å². The van der Waals surface area contributed by atoms with Gasteiger partial charge in [0.25, 0.3) is 0 Å². The molecule has 2 aromatic carbocycles. The summed E-state index contributed by atoms with van der Waals surface area (Å²) in [6.45, 7) is 0.832. The van der Waals surface area contributed by atoms with Crippen LogP contribution in [0.15, 0.2) is 63.8 Å². The van der Waals surface area contributed by atoms with Gasteiger partial charge in [-0.2, -0.15) is 4.68 Å². The SMILES string of the molecule is CC(=O)NCc1ccc(C(=O)COC(=O)Cn2nc(-c3ccccc3)oc2=O)cc1. The summed E-state index contributed by atoms with van der Waals surface area (Å²) in [5.74, 6) is -2.05. The van der Waals surface area contributed by atoms with Crippen LogP contribution in [-0.4, -0.2) is 34.0 Å². The minimum atomic E-state index is -0.799. The Labute approximate surface area is 171 Å². The van der Waals surface area contributed by atoms with E-state index in [1.807, 2.05) is 6.07 Å². The molecule has 0 aliphatic rings. The molecule has 0 saturated heterocycles. The standard InChI is InChI=1S/C21H19N3O6/c1-14(25)22-11-15-7-9-16(10-8-15)18(26)13-29-19(27)12-24-21(28)30-20(23-24)17-5-3-2-4-6-17/h2-10H,11-13H2,1H3,(H,22,25). The van der Waals surface area contributed by atoms with Gasteiger partial charge in [0.1, 0.15) is 6.54 Å². The van der Waals surface area contributed by atoms with Crippen molar-refractivity contribution in [3.8, 4) is 11.5 Å². The van der Waals surface area contributed by atoms with Crippen molar-refractivity contribution < 1.29 is 23.5 Å². The van der Waals surface area contributed by atoms with Crippen molar-refractivity contribution in [3.63, 3.8) is 0 Å². The molecule has 9 nitrogen and oxygen atoms in total. The number of ketones is 1. The Hall–Kier alpha value is -4.01. The van der Waals surface area contributed by atoms with Crippen molar-refractivity contribution in [1.29, 1.82) is 0 Å². The zero-order chi connectivity index (χ0) is 21.5. The fourth-order valence-corrected chi connectivity index (χ4v) is 2.54. The Balaban J connectivity index is 1.53. The molecule has 0 aliphatic carbocycles. The van der Waals surface area contributed by atoms with Gasteiger partial charge in [-0.25, -0.2) is 4.79 Å². The van der Waals surface area contributed by atoms with Gasteiger partial charge >= 0.3 is 11.7 Å². The van der Waals surface area contributed by atoms with Gasteiger partial charge in [-0.05, 0) is 17.7 Å². The quantitative estimate of drug-likeness (QED) is 0.443. The molecule has 0 bridgehead atoms. The lowest BCUT2D eigenvalue weighted by Crippen LogP contribution is -2.24. The molecule has 3 rings (SSSR count). The highest BCUT2D eigenvalue weighted by Crippen LogP contribution is 2.14. The number of nitrogens with one attached hydrogen (secondary N) is 1. The molecule has 0 fully saturated rings. The summed E-state index contributed by atoms with van der Waals surface area (Å²) in [4.78, 5) is 47.0. The second-order valence-electron chi connectivity index (χ2n) is 6.39. The number of ether oxygens (including phenoxy) is 1. The highest BCUT2D eigenvalue weighted by Gasteiger charge is 2.15. The maximum atomic E-state index is 12.2. The average Bonchev–Trinajstić information content (AvgIpc) is 3.11. The molecule has 3 aromatic rings. The number of hydrogen-bond acceptors (Lipinski definition) is 7. The summed E-state index contributed by atoms with van der Waals surface area (Å²) in [5, 5.41) is 6.62. The van der Waals surface area contributed by atoms with Crippen LogP contribution in [0.3, 0.4) is 0 Å². The molecule has 1 heterocycles. The Kier molecular flexibility index (Phi) is 6.53. The van der Waals surface area contributed by atoms with E-state index in [9.17, 15) is 19.2 Å². The lowest BCUT2D eigenvalue weighted by atomic mass is 10.1. The van der Waals surface area contributed by atoms with Gasteiger partial charge in [-0.1, -0.05) is 42.5 Å². The molecule has 0 saturated carbocycles. The van der Waals surface area contributed by atoms with Gasteiger partial charge in [0.15, 0.2) is 12.4 Å². The van der Waals surface area contributed by atoms with Gasteiger partial charge in [0.2, 0.25) is 11.8 Å². The largest absolute Gasteiger partial charge is 0.456 e. The summed E-state index contributed by atoms with van der Waals surface area (Å²) in [6.07, 6.45) is 0. The van der Waals surface area contributed by atoms with Gasteiger partial charge < -0.3 is 14.5 Å². The van der Waals surface area contributed by atoms with E-state index in [1.54, 1.807) is 48.5 Å². The Bertz CT molecular complexity index is 1100. The van der Waals surface area contributed by atoms with Crippen molar-refractivity contribution in [3.05, 3.63) is 76.3 Å². The normalized spacial score (nSPS) is 10.4. The minimum Gasteiger partial charge on any atom is -0.456 e. The molecule has 9 heteroatoms. The maximum Gasteiger partial charge on any atom is 0.437 e. The number of amides is 1. The number of nitrogens with zero attached hydrogens (tertiary/aromatic N) is 2. The molecule has 1 aromatic heterocycles. The molecular weight excluding hydrogens is 390 g/mol. The van der Waals surface area contributed by atoms with Gasteiger partial charge in [0, 0.05) is 24.6 Å². The highest BCUT2D eigenvalue weighted by atomic mass is 16.5. The van der Waals surface area contributed by atoms with Crippen molar-refractivity contribution in [2.45, 2.75) is 20.0 Å². The first-order chi connectivity index (χ1) is 14.4. The predicted octanol–water partition coefficient (Wildman–Crippen LogP) is 1.57. The van der Waals surface area contributed by atoms with E-state index < -0.39 is 30.7 Å². The topological polar surface area (TPSA) is 120 Å². The fourth-order valence-electron chi connectivity index (χ4n) is 2.54. The van der Waals surface area contributed by atoms with E-state index in [2.05, 4.69) is 10.4 Å². The smallest absolute Gasteiger partial charge is 0.437 e. The first-order valence-electron chi connectivity index (χ1n) is 9.08. The van der Waals surface area contributed by atoms with Crippen LogP contribution >= 0.6 is 0 Å². The summed E-state index contributed by atoms with van der Waals surface area (Å²) in [5.41, 5.74) is 1.79. The van der Waals surface area contributed by atoms with Crippen LogP contribution in [0.2, 0.25) is 0 Å². The van der Waals surface area contributed by atoms with Gasteiger partial charge in [0.05, 0.1) is 0 Å². The van der Waals surface area contributed by atoms with E-state index in [0.29, 0.717) is 17.7 Å². The predicted molar refractivity (Wildman–Crippen MR) is 105 cm³/mol. The van der Waals surface area contributed by atoms with Crippen molar-refractivity contribution in [1.82, 2.24) is 15.1 Å². The van der Waals surface area contributed by atoms with E-state index >= 15 is 0 Å². The van der Waals surface area contributed by atoms with Crippen LogP contribution in [0.4, 0.5) is 0 Å². The van der Waals surface area contributed by atoms with E-state index in [0.717, 1.165) is 10.2 Å². The van der Waals surface area contributed by atoms with Crippen LogP contribution in [0, 0.1) is 0 Å². The van der Waals surface area contributed by atoms with Gasteiger partial charge in [-0.3, -0.25) is 14.4 Å². The number of rotatable bonds is 8. The molecule has 0 spiro atoms. The first kappa shape index (κ1) is 20.7. The molecule has 30 heavy (non-hydrogen) atoms. The molecule has 0 aliphatic heterocycles. The second kappa shape index (κ2) is 9.46. The van der Waals surface area contributed by atoms with Crippen LogP contribution < -0.4 is 11.1 Å². The Morgan fingerprint density at radius 3 is 2.43 bits per heavy atom. The van der Waals surface area contributed by atoms with Crippen LogP contribution in [0.1, 0.15) is 22.8 Å². The van der Waals surface area contributed by atoms with Gasteiger partial charge in [-0.15, -0.1) is 5.10 Å². The first-order valence-corrected chi connectivity index (χ1v) is 9.08. The number of benzene rings is 2. The number of carbonyl (C=O) groups excluding carboxylic acids is 3. The Morgan fingerprint density at radius 2 is 1.77 bits per heavy atom. The molecule has 1 N–H and O–H groups in total. The van der Waals surface area contributed by atoms with Crippen LogP contribution in [-0.2, 0) is 27.4 Å². The average molecular weight is 409 g/mol. The second-order valence-corrected chi connectivity index (χ2v) is 6.39. The number of esters is 1. The highest BCUT2D eigenvalue weighted by molar-refractivity contribution is 5.97. The summed E-state index contributed by atoms with van der Waals surface area (Å²) >= 11 is 0. The zero-order valence-corrected chi connectivity index (χ0v) is 16.2. The van der Waals surface area contributed by atoms with E-state index in [1.165, 1.54) is 6.92 Å². The summed E-state index contributed by atoms with van der Waals surface area (Å²) in [7, 11) is 0. The summed E-state index contributed by atoms with van der Waals surface area (Å²) < 4.78 is 10.8. The van der Waals surface area contributed by atoms with Crippen LogP contribution in [0.25, 0.3) is 11.5 Å². The number of carbonyl (C=O) groups is 3. The fraction of sp³-hybridized carbons (Fsp3) is 0.190. The lowest BCUT2D eigenvalue weighted by molar-refractivity contribution is -0.143. The van der Waals surface area contributed by atoms with Crippen molar-refractivity contribution >= 4 is 17.7 Å². The third kappa shape index (κ3) is 5.51. The Morgan fingerprint density at radius 1 is 1.07 bits per heavy atom. The monoisotopic (exact) mass is 409 g/mol. The lowest BCUT2D eigenvalue weighted by Gasteiger charge is -2.06. The third-order valence-corrected chi connectivity index (χ3v) is 4.09. The van der Waals surface area contributed by atoms with E-state index in [-0.39, 0.29) is 11.8 Å². The molecule has 0 radical (unpaired) electrons. The number of aromatic nitrogens is 2.